The number of nitrogens with one attached hydrogen (secondary N) is 7. The Kier molecular flexibility index (Phi) is 41.5. The fourth-order valence-corrected chi connectivity index (χ4v) is 17.7. The van der Waals surface area contributed by atoms with Crippen LogP contribution in [0.1, 0.15) is 87.7 Å². The molecule has 39 nitrogen and oxygen atoms in total. The van der Waals surface area contributed by atoms with Gasteiger partial charge < -0.3 is 85.0 Å². The van der Waals surface area contributed by atoms with E-state index in [4.69, 9.17) is 94.3 Å². The second-order valence-corrected chi connectivity index (χ2v) is 37.7. The standard InChI is InChI=1S/C22H20BrN3O4.2C21H23ClN4O4.C20H21ClN4O4.C20H22IN3O5S/c1-4-21(27)24-16-7-5-14(6-8-16)18-9-10-26(25-18)22(28)12-15-11-19(29-2)20(30-3)13-17(15)23;1-23-21(28)24-15-6-4-13(5-7-15)17-8-9-26(25-17)20(27)11-14-10-16(22)19(30-3)12-18(14)29-2;1-23-21(28)24-14-6-4-13(5-7-14)17-10-11-26(25-17)19(27)12-15-16(22)8-9-18(29-2)20(15)30-3;1-28-17-9-13(15(21)11-18(17)29-2)10-19(26)25-8-7-16(24-25)12-3-5-14(6-4-12)23-20(22)27;1-28-18-10-14(16(21)12-19(18)29-2)11-20(25)24-9-8-17(22-24)13-4-6-15(7-5-13)23-30(3,26)27/h1,5-8,11,13H,9-10,12H2,2-3H3,(H,24,27);4-7,10,12H,8-9,11H2,1-3H3,(H2,23,24,28);4-9H,10-12H2,1-3H3,(H2,23,24,28);3-6,9,11H,7-8,10H2,1-2H3,(H3,22,23,27);4-7,10,12,23H,8-9,11H2,1-3H3. The second-order valence-electron chi connectivity index (χ2n) is 32.7. The number of ether oxygens (including phenoxy) is 10. The number of sulfonamides is 1. The SMILES string of the molecule is C#CC(=O)Nc1ccc(C2=NN(C(=O)Cc3cc(OC)c(OC)cc3Br)CC2)cc1.CNC(=O)Nc1ccc(C2=NN(C(=O)Cc3c(Cl)ccc(OC)c3OC)CC2)cc1.CNC(=O)Nc1ccc(C2=NN(C(=O)Cc3cc(Cl)c(OC)cc3OC)CC2)cc1.COc1cc(Cl)c(CC(=O)N2CCC(c3ccc(NC(N)=O)cc3)=N2)cc1OC.COc1cc(I)c(CC(=O)N2CCC(c3ccc(NS(C)(=O)=O)cc3)=N2)cc1OC. The Morgan fingerprint density at radius 1 is 0.369 bits per heavy atom. The van der Waals surface area contributed by atoms with Crippen molar-refractivity contribution < 1.29 is 98.9 Å². The molecular weight excluding hydrogens is 2180 g/mol. The number of terminal acetylenes is 1. The van der Waals surface area contributed by atoms with Crippen molar-refractivity contribution in [3.05, 3.63) is 261 Å². The molecule has 15 rings (SSSR count). The van der Waals surface area contributed by atoms with Crippen LogP contribution in [0.5, 0.6) is 57.5 Å². The zero-order chi connectivity index (χ0) is 108. The Labute approximate surface area is 898 Å². The number of anilines is 5. The van der Waals surface area contributed by atoms with Crippen molar-refractivity contribution in [1.82, 2.24) is 35.7 Å². The highest BCUT2D eigenvalue weighted by Crippen LogP contribution is 2.41. The van der Waals surface area contributed by atoms with E-state index >= 15 is 0 Å². The fraction of sp³-hybridized carbons (Fsp3) is 0.269. The topological polar surface area (TPSA) is 468 Å². The molecule has 0 aliphatic carbocycles. The highest BCUT2D eigenvalue weighted by molar-refractivity contribution is 14.1. The van der Waals surface area contributed by atoms with Crippen molar-refractivity contribution >= 4 is 194 Å². The first kappa shape index (κ1) is 114. The molecule has 0 saturated heterocycles. The van der Waals surface area contributed by atoms with Crippen molar-refractivity contribution in [3.8, 4) is 69.8 Å². The lowest BCUT2D eigenvalue weighted by Gasteiger charge is -2.16. The van der Waals surface area contributed by atoms with Gasteiger partial charge in [-0.25, -0.2) is 47.8 Å². The van der Waals surface area contributed by atoms with E-state index in [1.54, 1.807) is 164 Å². The minimum absolute atomic E-state index is 0.0466. The molecule has 0 unspecified atom stereocenters. The van der Waals surface area contributed by atoms with Crippen LogP contribution in [0, 0.1) is 15.9 Å². The van der Waals surface area contributed by atoms with Gasteiger partial charge in [0.15, 0.2) is 46.0 Å². The van der Waals surface area contributed by atoms with Crippen LogP contribution in [-0.2, 0) is 70.9 Å². The lowest BCUT2D eigenvalue weighted by molar-refractivity contribution is -0.130. The van der Waals surface area contributed by atoms with Crippen LogP contribution in [0.3, 0.4) is 0 Å². The fourth-order valence-electron chi connectivity index (χ4n) is 15.4. The molecule has 10 aromatic carbocycles. The van der Waals surface area contributed by atoms with Crippen LogP contribution >= 0.6 is 73.3 Å². The first-order chi connectivity index (χ1) is 71.4. The predicted molar refractivity (Wildman–Crippen MR) is 584 cm³/mol. The third-order valence-corrected chi connectivity index (χ3v) is 26.3. The Morgan fingerprint density at radius 3 is 1.05 bits per heavy atom. The normalized spacial score (nSPS) is 13.1. The molecule has 782 valence electrons. The zero-order valence-electron chi connectivity index (χ0n) is 83.4. The molecule has 5 aliphatic rings. The Balaban J connectivity index is 0.000000177. The number of nitrogens with zero attached hydrogens (tertiary/aromatic N) is 10. The summed E-state index contributed by atoms with van der Waals surface area (Å²) in [5, 5.41) is 46.4. The van der Waals surface area contributed by atoms with E-state index in [2.05, 4.69) is 101 Å². The molecular formula is C104H109BrCl3IN18O21S. The third-order valence-electron chi connectivity index (χ3n) is 23.0. The minimum Gasteiger partial charge on any atom is -0.496 e. The maximum Gasteiger partial charge on any atom is 0.318 e. The van der Waals surface area contributed by atoms with Gasteiger partial charge in [-0.1, -0.05) is 111 Å². The highest BCUT2D eigenvalue weighted by atomic mass is 127. The maximum absolute atomic E-state index is 12.8. The molecule has 10 aromatic rings. The summed E-state index contributed by atoms with van der Waals surface area (Å²) in [5.41, 5.74) is 20.0. The molecule has 0 aromatic heterocycles. The lowest BCUT2D eigenvalue weighted by Crippen LogP contribution is -2.25. The van der Waals surface area contributed by atoms with Crippen LogP contribution in [0.25, 0.3) is 0 Å². The Bertz CT molecular complexity index is 6950. The number of hydrogen-bond acceptors (Lipinski definition) is 26. The first-order valence-electron chi connectivity index (χ1n) is 45.7. The largest absolute Gasteiger partial charge is 0.496 e. The van der Waals surface area contributed by atoms with Crippen LogP contribution in [0.4, 0.5) is 42.8 Å². The van der Waals surface area contributed by atoms with E-state index in [-0.39, 0.29) is 73.7 Å². The van der Waals surface area contributed by atoms with Gasteiger partial charge in [-0.3, -0.25) is 33.5 Å². The van der Waals surface area contributed by atoms with Crippen molar-refractivity contribution in [1.29, 1.82) is 0 Å². The van der Waals surface area contributed by atoms with Crippen LogP contribution < -0.4 is 89.7 Å². The van der Waals surface area contributed by atoms with Gasteiger partial charge in [-0.2, -0.15) is 25.5 Å². The number of methoxy groups -OCH3 is 10. The Hall–Kier alpha value is -15.4. The highest BCUT2D eigenvalue weighted by Gasteiger charge is 2.32. The van der Waals surface area contributed by atoms with Gasteiger partial charge in [0.1, 0.15) is 11.5 Å². The van der Waals surface area contributed by atoms with Gasteiger partial charge in [0.05, 0.1) is 176 Å². The van der Waals surface area contributed by atoms with E-state index in [1.165, 1.54) is 67.7 Å². The number of benzene rings is 10. The summed E-state index contributed by atoms with van der Waals surface area (Å²) in [5.74, 6) is 6.12. The molecule has 5 aliphatic heterocycles. The zero-order valence-corrected chi connectivity index (χ0v) is 90.3. The number of hydrazone groups is 5. The molecule has 9 N–H and O–H groups in total. The molecule has 149 heavy (non-hydrogen) atoms. The number of carbonyl (C=O) groups excluding carboxylic acids is 9. The van der Waals surface area contributed by atoms with Gasteiger partial charge in [0, 0.05) is 116 Å². The number of nitrogens with two attached hydrogens (primary N) is 1. The predicted octanol–water partition coefficient (Wildman–Crippen LogP) is 15.7. The molecule has 0 bridgehead atoms. The minimum atomic E-state index is -3.32. The summed E-state index contributed by atoms with van der Waals surface area (Å²) < 4.78 is 79.7. The quantitative estimate of drug-likeness (QED) is 0.0148. The molecule has 0 saturated carbocycles. The summed E-state index contributed by atoms with van der Waals surface area (Å²) in [7, 11) is 15.2. The number of urea groups is 3. The number of carbonyl (C=O) groups is 9. The van der Waals surface area contributed by atoms with Gasteiger partial charge in [0.2, 0.25) is 39.6 Å². The number of amides is 12. The number of hydrogen-bond donors (Lipinski definition) is 8. The van der Waals surface area contributed by atoms with Crippen molar-refractivity contribution in [2.75, 3.05) is 150 Å². The van der Waals surface area contributed by atoms with E-state index in [9.17, 15) is 51.6 Å². The van der Waals surface area contributed by atoms with Gasteiger partial charge >= 0.3 is 18.1 Å². The second kappa shape index (κ2) is 54.3. The van der Waals surface area contributed by atoms with Crippen LogP contribution in [0.2, 0.25) is 15.1 Å². The summed E-state index contributed by atoms with van der Waals surface area (Å²) in [6.45, 7) is 2.48. The molecule has 45 heteroatoms. The summed E-state index contributed by atoms with van der Waals surface area (Å²) >= 11 is 24.4. The lowest BCUT2D eigenvalue weighted by atomic mass is 10.1. The third kappa shape index (κ3) is 31.6. The average Bonchev–Trinajstić information content (AvgIpc) is 1.71. The molecule has 12 amide bonds. The average molecular weight is 2290 g/mol. The molecule has 0 atom stereocenters. The van der Waals surface area contributed by atoms with E-state index < -0.39 is 22.0 Å². The summed E-state index contributed by atoms with van der Waals surface area (Å²) in [4.78, 5) is 109. The van der Waals surface area contributed by atoms with E-state index in [1.807, 2.05) is 66.6 Å². The van der Waals surface area contributed by atoms with Gasteiger partial charge in [-0.05, 0) is 182 Å². The van der Waals surface area contributed by atoms with Crippen molar-refractivity contribution in [3.63, 3.8) is 0 Å². The first-order valence-corrected chi connectivity index (χ1v) is 50.6. The molecule has 0 fully saturated rings. The van der Waals surface area contributed by atoms with Gasteiger partial charge in [-0.15, -0.1) is 6.42 Å². The van der Waals surface area contributed by atoms with Crippen LogP contribution in [0.15, 0.2) is 212 Å². The van der Waals surface area contributed by atoms with E-state index in [0.717, 1.165) is 81.8 Å². The van der Waals surface area contributed by atoms with Crippen molar-refractivity contribution in [2.45, 2.75) is 64.2 Å². The van der Waals surface area contributed by atoms with Crippen molar-refractivity contribution in [2.24, 2.45) is 31.2 Å². The summed E-state index contributed by atoms with van der Waals surface area (Å²) in [6, 6.07) is 51.9. The van der Waals surface area contributed by atoms with Crippen LogP contribution in [-0.4, -0.2) is 240 Å². The Morgan fingerprint density at radius 2 is 0.691 bits per heavy atom. The molecule has 0 radical (unpaired) electrons. The maximum atomic E-state index is 12.8. The number of halogens is 5. The van der Waals surface area contributed by atoms with E-state index in [0.29, 0.717) is 183 Å². The number of rotatable bonds is 31. The molecule has 5 heterocycles. The van der Waals surface area contributed by atoms with Gasteiger partial charge in [0.25, 0.3) is 5.91 Å². The monoisotopic (exact) mass is 2290 g/mol. The number of primary amides is 1. The molecule has 0 spiro atoms. The summed E-state index contributed by atoms with van der Waals surface area (Å²) in [6.07, 6.45) is 9.98. The smallest absolute Gasteiger partial charge is 0.318 e.